The Hall–Kier alpha value is -2.32. The van der Waals surface area contributed by atoms with Crippen molar-refractivity contribution in [1.29, 1.82) is 0 Å². The van der Waals surface area contributed by atoms with Crippen LogP contribution in [0.1, 0.15) is 29.2 Å². The fourth-order valence-electron chi connectivity index (χ4n) is 2.95. The number of hydrogen-bond donors (Lipinski definition) is 1. The van der Waals surface area contributed by atoms with Crippen molar-refractivity contribution in [2.75, 3.05) is 6.61 Å². The van der Waals surface area contributed by atoms with Crippen LogP contribution < -0.4 is 10.5 Å². The molecule has 3 aromatic rings. The van der Waals surface area contributed by atoms with E-state index in [1.807, 2.05) is 24.3 Å². The first-order valence-corrected chi connectivity index (χ1v) is 8.09. The number of rotatable bonds is 5. The van der Waals surface area contributed by atoms with E-state index < -0.39 is 0 Å². The third-order valence-corrected chi connectivity index (χ3v) is 4.48. The molecule has 0 radical (unpaired) electrons. The van der Waals surface area contributed by atoms with E-state index in [9.17, 15) is 0 Å². The maximum atomic E-state index is 6.36. The Morgan fingerprint density at radius 2 is 1.65 bits per heavy atom. The number of hydrogen-bond acceptors (Lipinski definition) is 2. The third-order valence-electron chi connectivity index (χ3n) is 4.48. The number of ether oxygens (including phenoxy) is 1. The molecular weight excluding hydrogens is 282 g/mol. The maximum Gasteiger partial charge on any atom is 0.127 e. The Morgan fingerprint density at radius 3 is 2.52 bits per heavy atom. The highest BCUT2D eigenvalue weighted by molar-refractivity contribution is 5.88. The van der Waals surface area contributed by atoms with E-state index in [1.54, 1.807) is 0 Å². The summed E-state index contributed by atoms with van der Waals surface area (Å²) in [7, 11) is 0. The summed E-state index contributed by atoms with van der Waals surface area (Å²) >= 11 is 0. The van der Waals surface area contributed by atoms with Crippen molar-refractivity contribution in [3.05, 3.63) is 77.4 Å². The molecule has 1 unspecified atom stereocenters. The third kappa shape index (κ3) is 3.38. The molecule has 118 valence electrons. The van der Waals surface area contributed by atoms with E-state index in [0.717, 1.165) is 17.6 Å². The maximum absolute atomic E-state index is 6.36. The summed E-state index contributed by atoms with van der Waals surface area (Å²) in [5, 5.41) is 2.35. The molecule has 0 fully saturated rings. The Morgan fingerprint density at radius 1 is 0.913 bits per heavy atom. The lowest BCUT2D eigenvalue weighted by Crippen LogP contribution is -2.15. The van der Waals surface area contributed by atoms with E-state index in [0.29, 0.717) is 6.61 Å². The van der Waals surface area contributed by atoms with Crippen molar-refractivity contribution < 1.29 is 4.74 Å². The molecule has 3 rings (SSSR count). The summed E-state index contributed by atoms with van der Waals surface area (Å²) in [6.45, 7) is 4.87. The predicted molar refractivity (Wildman–Crippen MR) is 96.9 cm³/mol. The summed E-state index contributed by atoms with van der Waals surface area (Å²) in [5.74, 6) is 0.927. The van der Waals surface area contributed by atoms with Crippen LogP contribution in [0.4, 0.5) is 0 Å². The zero-order valence-corrected chi connectivity index (χ0v) is 13.8. The van der Waals surface area contributed by atoms with Gasteiger partial charge in [0, 0.05) is 17.8 Å². The van der Waals surface area contributed by atoms with Crippen LogP contribution >= 0.6 is 0 Å². The summed E-state index contributed by atoms with van der Waals surface area (Å²) in [4.78, 5) is 0. The van der Waals surface area contributed by atoms with Gasteiger partial charge in [0.05, 0.1) is 6.61 Å². The largest absolute Gasteiger partial charge is 0.493 e. The van der Waals surface area contributed by atoms with Crippen LogP contribution in [-0.4, -0.2) is 6.61 Å². The molecule has 0 aliphatic carbocycles. The van der Waals surface area contributed by atoms with Crippen molar-refractivity contribution in [2.45, 2.75) is 26.3 Å². The summed E-state index contributed by atoms with van der Waals surface area (Å²) in [5.41, 5.74) is 10.1. The first kappa shape index (κ1) is 15.6. The Labute approximate surface area is 137 Å². The van der Waals surface area contributed by atoms with Gasteiger partial charge in [0.2, 0.25) is 0 Å². The average molecular weight is 305 g/mol. The van der Waals surface area contributed by atoms with Gasteiger partial charge in [-0.05, 0) is 42.0 Å². The number of benzene rings is 3. The first-order chi connectivity index (χ1) is 11.2. The fraction of sp³-hybridized carbons (Fsp3) is 0.238. The molecule has 0 amide bonds. The fourth-order valence-corrected chi connectivity index (χ4v) is 2.95. The van der Waals surface area contributed by atoms with Crippen LogP contribution in [0, 0.1) is 13.8 Å². The molecule has 2 heteroatoms. The Balaban J connectivity index is 1.68. The monoisotopic (exact) mass is 305 g/mol. The van der Waals surface area contributed by atoms with Crippen molar-refractivity contribution in [2.24, 2.45) is 5.73 Å². The van der Waals surface area contributed by atoms with Gasteiger partial charge in [-0.1, -0.05) is 54.6 Å². The number of fused-ring (bicyclic) bond motifs is 1. The lowest BCUT2D eigenvalue weighted by molar-refractivity contribution is 0.301. The Kier molecular flexibility index (Phi) is 4.63. The predicted octanol–water partition coefficient (Wildman–Crippen LogP) is 4.93. The van der Waals surface area contributed by atoms with Crippen molar-refractivity contribution >= 4 is 10.8 Å². The molecule has 0 saturated heterocycles. The topological polar surface area (TPSA) is 35.2 Å². The molecule has 0 bridgehead atoms. The highest BCUT2D eigenvalue weighted by Gasteiger charge is 2.10. The van der Waals surface area contributed by atoms with E-state index in [-0.39, 0.29) is 6.04 Å². The number of aryl methyl sites for hydroxylation is 1. The van der Waals surface area contributed by atoms with Crippen molar-refractivity contribution in [3.63, 3.8) is 0 Å². The zero-order valence-electron chi connectivity index (χ0n) is 13.8. The average Bonchev–Trinajstić information content (AvgIpc) is 2.57. The van der Waals surface area contributed by atoms with Crippen molar-refractivity contribution in [1.82, 2.24) is 0 Å². The minimum Gasteiger partial charge on any atom is -0.493 e. The summed E-state index contributed by atoms with van der Waals surface area (Å²) < 4.78 is 6.00. The van der Waals surface area contributed by atoms with E-state index in [2.05, 4.69) is 50.2 Å². The van der Waals surface area contributed by atoms with Crippen LogP contribution in [0.15, 0.2) is 60.7 Å². The van der Waals surface area contributed by atoms with E-state index in [1.165, 1.54) is 22.1 Å². The van der Waals surface area contributed by atoms with E-state index >= 15 is 0 Å². The van der Waals surface area contributed by atoms with Crippen LogP contribution in [0.25, 0.3) is 10.8 Å². The molecular formula is C21H23NO. The highest BCUT2D eigenvalue weighted by Crippen LogP contribution is 2.26. The highest BCUT2D eigenvalue weighted by atomic mass is 16.5. The van der Waals surface area contributed by atoms with E-state index in [4.69, 9.17) is 10.5 Å². The lowest BCUT2D eigenvalue weighted by Gasteiger charge is -2.17. The van der Waals surface area contributed by atoms with Gasteiger partial charge in [-0.3, -0.25) is 0 Å². The van der Waals surface area contributed by atoms with Gasteiger partial charge in [-0.2, -0.15) is 0 Å². The van der Waals surface area contributed by atoms with Crippen LogP contribution in [-0.2, 0) is 0 Å². The van der Waals surface area contributed by atoms with Gasteiger partial charge in [0.15, 0.2) is 0 Å². The first-order valence-electron chi connectivity index (χ1n) is 8.09. The normalized spacial score (nSPS) is 12.3. The molecule has 23 heavy (non-hydrogen) atoms. The molecule has 1 atom stereocenters. The minimum atomic E-state index is 0.00452. The Bertz CT molecular complexity index is 805. The SMILES string of the molecule is Cc1cccc(C(N)CCOc2cccc3ccccc23)c1C. The molecule has 0 aromatic heterocycles. The molecule has 0 aliphatic rings. The second-order valence-electron chi connectivity index (χ2n) is 6.01. The lowest BCUT2D eigenvalue weighted by atomic mass is 9.96. The molecule has 0 aliphatic heterocycles. The zero-order chi connectivity index (χ0) is 16.2. The summed E-state index contributed by atoms with van der Waals surface area (Å²) in [6.07, 6.45) is 0.799. The molecule has 0 saturated carbocycles. The molecule has 0 heterocycles. The van der Waals surface area contributed by atoms with Crippen LogP contribution in [0.2, 0.25) is 0 Å². The number of nitrogens with two attached hydrogens (primary N) is 1. The van der Waals surface area contributed by atoms with Gasteiger partial charge in [0.1, 0.15) is 5.75 Å². The standard InChI is InChI=1S/C21H23NO/c1-15-7-5-11-18(16(15)2)20(22)13-14-23-21-12-6-9-17-8-3-4-10-19(17)21/h3-12,20H,13-14,22H2,1-2H3. The minimum absolute atomic E-state index is 0.00452. The molecule has 2 N–H and O–H groups in total. The smallest absolute Gasteiger partial charge is 0.127 e. The van der Waals surface area contributed by atoms with Crippen molar-refractivity contribution in [3.8, 4) is 5.75 Å². The van der Waals surface area contributed by atoms with Crippen LogP contribution in [0.3, 0.4) is 0 Å². The van der Waals surface area contributed by atoms with Gasteiger partial charge in [-0.25, -0.2) is 0 Å². The molecule has 2 nitrogen and oxygen atoms in total. The summed E-state index contributed by atoms with van der Waals surface area (Å²) in [6, 6.07) is 20.7. The molecule has 0 spiro atoms. The quantitative estimate of drug-likeness (QED) is 0.725. The second kappa shape index (κ2) is 6.84. The van der Waals surface area contributed by atoms with Gasteiger partial charge in [0.25, 0.3) is 0 Å². The van der Waals surface area contributed by atoms with Gasteiger partial charge < -0.3 is 10.5 Å². The molecule has 3 aromatic carbocycles. The van der Waals surface area contributed by atoms with Crippen LogP contribution in [0.5, 0.6) is 5.75 Å². The second-order valence-corrected chi connectivity index (χ2v) is 6.01. The van der Waals surface area contributed by atoms with Gasteiger partial charge >= 0.3 is 0 Å². The van der Waals surface area contributed by atoms with Gasteiger partial charge in [-0.15, -0.1) is 0 Å².